The van der Waals surface area contributed by atoms with E-state index in [0.717, 1.165) is 6.07 Å². The van der Waals surface area contributed by atoms with Crippen LogP contribution in [0.5, 0.6) is 0 Å². The summed E-state index contributed by atoms with van der Waals surface area (Å²) in [5, 5.41) is -0.206. The van der Waals surface area contributed by atoms with E-state index in [-0.39, 0.29) is 5.02 Å². The van der Waals surface area contributed by atoms with Crippen LogP contribution in [0.15, 0.2) is 10.5 Å². The molecule has 0 spiro atoms. The molecule has 0 nitrogen and oxygen atoms in total. The van der Waals surface area contributed by atoms with E-state index in [4.69, 9.17) is 11.6 Å². The molecular weight excluding hydrogens is 237 g/mol. The van der Waals surface area contributed by atoms with E-state index >= 15 is 0 Å². The van der Waals surface area contributed by atoms with Crippen LogP contribution in [-0.4, -0.2) is 0 Å². The van der Waals surface area contributed by atoms with Gasteiger partial charge in [0.25, 0.3) is 0 Å². The summed E-state index contributed by atoms with van der Waals surface area (Å²) < 4.78 is 25.6. The smallest absolute Gasteiger partial charge is 0.178 e. The first-order chi connectivity index (χ1) is 5.04. The van der Waals surface area contributed by atoms with Gasteiger partial charge < -0.3 is 0 Å². The largest absolute Gasteiger partial charge is 0.204 e. The molecule has 0 heterocycles. The maximum absolute atomic E-state index is 12.6. The summed E-state index contributed by atoms with van der Waals surface area (Å²) in [5.41, 5.74) is 0.578. The Balaban J connectivity index is 3.46. The van der Waals surface area contributed by atoms with Crippen LogP contribution in [0.2, 0.25) is 5.02 Å². The van der Waals surface area contributed by atoms with E-state index in [1.54, 1.807) is 6.92 Å². The number of aryl methyl sites for hydroxylation is 1. The van der Waals surface area contributed by atoms with Crippen LogP contribution in [0.3, 0.4) is 0 Å². The number of hydrogen-bond donors (Lipinski definition) is 0. The highest BCUT2D eigenvalue weighted by atomic mass is 79.9. The highest BCUT2D eigenvalue weighted by molar-refractivity contribution is 9.10. The first-order valence-electron chi connectivity index (χ1n) is 2.83. The Morgan fingerprint density at radius 2 is 2.00 bits per heavy atom. The zero-order chi connectivity index (χ0) is 8.59. The lowest BCUT2D eigenvalue weighted by Gasteiger charge is -2.02. The third-order valence-electron chi connectivity index (χ3n) is 1.28. The molecule has 0 saturated heterocycles. The molecule has 1 aromatic carbocycles. The van der Waals surface area contributed by atoms with Gasteiger partial charge in [-0.2, -0.15) is 0 Å². The number of rotatable bonds is 0. The molecular formula is C7H4BrClF2. The van der Waals surface area contributed by atoms with Crippen molar-refractivity contribution in [2.45, 2.75) is 6.92 Å². The second kappa shape index (κ2) is 3.07. The zero-order valence-corrected chi connectivity index (χ0v) is 7.93. The first-order valence-corrected chi connectivity index (χ1v) is 4.00. The van der Waals surface area contributed by atoms with Crippen molar-refractivity contribution in [3.05, 3.63) is 32.8 Å². The van der Waals surface area contributed by atoms with Crippen LogP contribution in [0.4, 0.5) is 8.78 Å². The molecule has 0 radical (unpaired) electrons. The van der Waals surface area contributed by atoms with Crippen LogP contribution in [0.25, 0.3) is 0 Å². The molecule has 0 fully saturated rings. The van der Waals surface area contributed by atoms with Crippen molar-refractivity contribution in [1.29, 1.82) is 0 Å². The number of benzene rings is 1. The highest BCUT2D eigenvalue weighted by Crippen LogP contribution is 2.30. The van der Waals surface area contributed by atoms with Gasteiger partial charge in [-0.25, -0.2) is 8.78 Å². The Morgan fingerprint density at radius 3 is 2.55 bits per heavy atom. The van der Waals surface area contributed by atoms with E-state index in [1.165, 1.54) is 0 Å². The van der Waals surface area contributed by atoms with Crippen molar-refractivity contribution in [3.63, 3.8) is 0 Å². The van der Waals surface area contributed by atoms with Gasteiger partial charge in [-0.05, 0) is 34.5 Å². The molecule has 0 amide bonds. The van der Waals surface area contributed by atoms with E-state index in [0.29, 0.717) is 10.0 Å². The summed E-state index contributed by atoms with van der Waals surface area (Å²) in [7, 11) is 0. The van der Waals surface area contributed by atoms with Crippen LogP contribution in [0, 0.1) is 18.6 Å². The summed E-state index contributed by atoms with van der Waals surface area (Å²) in [6.45, 7) is 1.64. The molecule has 0 aliphatic carbocycles. The maximum atomic E-state index is 12.6. The van der Waals surface area contributed by atoms with Crippen molar-refractivity contribution >= 4 is 27.5 Å². The molecule has 4 heteroatoms. The van der Waals surface area contributed by atoms with Crippen molar-refractivity contribution in [1.82, 2.24) is 0 Å². The van der Waals surface area contributed by atoms with Gasteiger partial charge in [0.05, 0.1) is 5.02 Å². The minimum absolute atomic E-state index is 0.206. The molecule has 1 aromatic rings. The summed E-state index contributed by atoms with van der Waals surface area (Å²) >= 11 is 8.45. The average Bonchev–Trinajstić information content (AvgIpc) is 1.97. The number of hydrogen-bond acceptors (Lipinski definition) is 0. The van der Waals surface area contributed by atoms with E-state index < -0.39 is 11.6 Å². The molecule has 11 heavy (non-hydrogen) atoms. The third-order valence-corrected chi connectivity index (χ3v) is 2.89. The highest BCUT2D eigenvalue weighted by Gasteiger charge is 2.12. The van der Waals surface area contributed by atoms with E-state index in [9.17, 15) is 8.78 Å². The molecule has 60 valence electrons. The second-order valence-corrected chi connectivity index (χ2v) is 3.29. The lowest BCUT2D eigenvalue weighted by Crippen LogP contribution is -1.89. The van der Waals surface area contributed by atoms with Gasteiger partial charge in [-0.1, -0.05) is 11.6 Å². The van der Waals surface area contributed by atoms with Gasteiger partial charge >= 0.3 is 0 Å². The Hall–Kier alpha value is -0.150. The Morgan fingerprint density at radius 1 is 1.45 bits per heavy atom. The normalized spacial score (nSPS) is 10.3. The van der Waals surface area contributed by atoms with Crippen LogP contribution >= 0.6 is 27.5 Å². The van der Waals surface area contributed by atoms with Gasteiger partial charge in [0.2, 0.25) is 0 Å². The predicted molar refractivity (Wildman–Crippen MR) is 43.8 cm³/mol. The van der Waals surface area contributed by atoms with Gasteiger partial charge in [-0.3, -0.25) is 0 Å². The number of halogens is 4. The quantitative estimate of drug-likeness (QED) is 0.480. The van der Waals surface area contributed by atoms with Gasteiger partial charge in [0, 0.05) is 4.47 Å². The Labute approximate surface area is 76.3 Å². The molecule has 0 bridgehead atoms. The molecule has 0 unspecified atom stereocenters. The van der Waals surface area contributed by atoms with Crippen molar-refractivity contribution in [2.24, 2.45) is 0 Å². The third kappa shape index (κ3) is 1.54. The molecule has 0 atom stereocenters. The second-order valence-electron chi connectivity index (χ2n) is 2.12. The van der Waals surface area contributed by atoms with Crippen LogP contribution < -0.4 is 0 Å². The molecule has 0 aliphatic heterocycles. The SMILES string of the molecule is Cc1cc(F)c(F)c(Cl)c1Br. The molecule has 0 aromatic heterocycles. The summed E-state index contributed by atoms with van der Waals surface area (Å²) in [5.74, 6) is -1.93. The van der Waals surface area contributed by atoms with Crippen LogP contribution in [-0.2, 0) is 0 Å². The monoisotopic (exact) mass is 240 g/mol. The van der Waals surface area contributed by atoms with Crippen molar-refractivity contribution in [3.8, 4) is 0 Å². The lowest BCUT2D eigenvalue weighted by molar-refractivity contribution is 0.507. The molecule has 1 rings (SSSR count). The lowest BCUT2D eigenvalue weighted by atomic mass is 10.2. The summed E-state index contributed by atoms with van der Waals surface area (Å²) in [6, 6.07) is 1.09. The Bertz CT molecular complexity index is 273. The summed E-state index contributed by atoms with van der Waals surface area (Å²) in [6.07, 6.45) is 0. The standard InChI is InChI=1S/C7H4BrClF2/c1-3-2-4(10)7(11)6(9)5(3)8/h2H,1H3. The van der Waals surface area contributed by atoms with Gasteiger partial charge in [-0.15, -0.1) is 0 Å². The van der Waals surface area contributed by atoms with Crippen molar-refractivity contribution in [2.75, 3.05) is 0 Å². The fraction of sp³-hybridized carbons (Fsp3) is 0.143. The van der Waals surface area contributed by atoms with Gasteiger partial charge in [0.1, 0.15) is 0 Å². The average molecular weight is 241 g/mol. The van der Waals surface area contributed by atoms with Gasteiger partial charge in [0.15, 0.2) is 11.6 Å². The van der Waals surface area contributed by atoms with E-state index in [1.807, 2.05) is 0 Å². The minimum atomic E-state index is -1.01. The Kier molecular flexibility index (Phi) is 2.50. The topological polar surface area (TPSA) is 0 Å². The molecule has 0 aliphatic rings. The van der Waals surface area contributed by atoms with Crippen LogP contribution in [0.1, 0.15) is 5.56 Å². The summed E-state index contributed by atoms with van der Waals surface area (Å²) in [4.78, 5) is 0. The molecule has 0 saturated carbocycles. The van der Waals surface area contributed by atoms with Crippen molar-refractivity contribution < 1.29 is 8.78 Å². The minimum Gasteiger partial charge on any atom is -0.204 e. The zero-order valence-electron chi connectivity index (χ0n) is 5.59. The van der Waals surface area contributed by atoms with E-state index in [2.05, 4.69) is 15.9 Å². The fourth-order valence-electron chi connectivity index (χ4n) is 0.691. The predicted octanol–water partition coefficient (Wildman–Crippen LogP) is 3.69. The maximum Gasteiger partial charge on any atom is 0.178 e. The first kappa shape index (κ1) is 8.94. The molecule has 0 N–H and O–H groups in total. The fourth-order valence-corrected chi connectivity index (χ4v) is 1.22.